The minimum absolute atomic E-state index is 0.0818. The van der Waals surface area contributed by atoms with Gasteiger partial charge in [0.25, 0.3) is 0 Å². The predicted octanol–water partition coefficient (Wildman–Crippen LogP) is 6.23. The van der Waals surface area contributed by atoms with E-state index in [4.69, 9.17) is 4.74 Å². The zero-order valence-corrected chi connectivity index (χ0v) is 18.5. The number of anilines is 1. The summed E-state index contributed by atoms with van der Waals surface area (Å²) in [5.74, 6) is -0.475. The number of rotatable bonds is 8. The number of thiophene rings is 2. The quantitative estimate of drug-likeness (QED) is 0.433. The molecule has 0 spiro atoms. The Hall–Kier alpha value is -2.44. The molecular weight excluding hydrogens is 402 g/mol. The lowest BCUT2D eigenvalue weighted by molar-refractivity contribution is -0.116. The maximum absolute atomic E-state index is 12.6. The topological polar surface area (TPSA) is 55.4 Å². The molecule has 29 heavy (non-hydrogen) atoms. The molecule has 6 heteroatoms. The number of ether oxygens (including phenoxy) is 1. The van der Waals surface area contributed by atoms with Gasteiger partial charge in [-0.1, -0.05) is 35.9 Å². The smallest absolute Gasteiger partial charge is 0.341 e. The van der Waals surface area contributed by atoms with Crippen molar-refractivity contribution in [3.63, 3.8) is 0 Å². The molecule has 0 unspecified atom stereocenters. The molecule has 0 radical (unpaired) electrons. The molecule has 0 saturated heterocycles. The van der Waals surface area contributed by atoms with Crippen molar-refractivity contribution in [2.24, 2.45) is 0 Å². The van der Waals surface area contributed by atoms with E-state index in [1.165, 1.54) is 22.5 Å². The van der Waals surface area contributed by atoms with Gasteiger partial charge in [0.1, 0.15) is 10.6 Å². The molecule has 1 aromatic carbocycles. The first-order chi connectivity index (χ1) is 14.0. The van der Waals surface area contributed by atoms with Crippen molar-refractivity contribution in [2.75, 3.05) is 11.9 Å². The molecule has 0 aliphatic rings. The third-order valence-electron chi connectivity index (χ3n) is 4.57. The molecule has 0 aliphatic heterocycles. The van der Waals surface area contributed by atoms with Crippen LogP contribution in [0.3, 0.4) is 0 Å². The lowest BCUT2D eigenvalue weighted by Crippen LogP contribution is -2.14. The van der Waals surface area contributed by atoms with Crippen molar-refractivity contribution in [1.29, 1.82) is 0 Å². The van der Waals surface area contributed by atoms with Gasteiger partial charge in [0.05, 0.1) is 6.61 Å². The maximum Gasteiger partial charge on any atom is 0.341 e. The zero-order valence-electron chi connectivity index (χ0n) is 16.9. The third kappa shape index (κ3) is 5.34. The molecule has 0 atom stereocenters. The van der Waals surface area contributed by atoms with E-state index in [1.807, 2.05) is 24.4 Å². The predicted molar refractivity (Wildman–Crippen MR) is 121 cm³/mol. The van der Waals surface area contributed by atoms with E-state index in [-0.39, 0.29) is 5.91 Å². The highest BCUT2D eigenvalue weighted by Gasteiger charge is 2.25. The van der Waals surface area contributed by atoms with Gasteiger partial charge in [-0.3, -0.25) is 4.79 Å². The Balaban J connectivity index is 1.72. The molecule has 152 valence electrons. The van der Waals surface area contributed by atoms with Crippen molar-refractivity contribution >= 4 is 39.6 Å². The molecule has 0 bridgehead atoms. The van der Waals surface area contributed by atoms with Gasteiger partial charge >= 0.3 is 5.97 Å². The molecule has 0 fully saturated rings. The van der Waals surface area contributed by atoms with Crippen LogP contribution in [0.4, 0.5) is 5.00 Å². The van der Waals surface area contributed by atoms with E-state index in [9.17, 15) is 9.59 Å². The molecule has 1 N–H and O–H groups in total. The highest BCUT2D eigenvalue weighted by Crippen LogP contribution is 2.42. The van der Waals surface area contributed by atoms with Crippen LogP contribution in [0.1, 0.15) is 46.1 Å². The Morgan fingerprint density at radius 1 is 1.10 bits per heavy atom. The van der Waals surface area contributed by atoms with Gasteiger partial charge in [-0.15, -0.1) is 22.7 Å². The fourth-order valence-corrected chi connectivity index (χ4v) is 5.12. The van der Waals surface area contributed by atoms with E-state index in [0.29, 0.717) is 23.6 Å². The fourth-order valence-electron chi connectivity index (χ4n) is 3.15. The van der Waals surface area contributed by atoms with E-state index in [2.05, 4.69) is 36.5 Å². The number of carbonyl (C=O) groups is 2. The van der Waals surface area contributed by atoms with E-state index < -0.39 is 5.97 Å². The summed E-state index contributed by atoms with van der Waals surface area (Å²) in [5, 5.41) is 5.50. The second kappa shape index (κ2) is 9.85. The summed E-state index contributed by atoms with van der Waals surface area (Å²) in [6, 6.07) is 12.3. The van der Waals surface area contributed by atoms with Crippen LogP contribution in [-0.4, -0.2) is 18.5 Å². The van der Waals surface area contributed by atoms with Crippen LogP contribution in [0.25, 0.3) is 10.4 Å². The number of amides is 1. The molecule has 0 aliphatic carbocycles. The first-order valence-electron chi connectivity index (χ1n) is 9.69. The second-order valence-electron chi connectivity index (χ2n) is 6.82. The van der Waals surface area contributed by atoms with Gasteiger partial charge in [0, 0.05) is 21.7 Å². The third-order valence-corrected chi connectivity index (χ3v) is 6.48. The van der Waals surface area contributed by atoms with Crippen LogP contribution in [0.15, 0.2) is 41.8 Å². The van der Waals surface area contributed by atoms with Gasteiger partial charge < -0.3 is 10.1 Å². The second-order valence-corrected chi connectivity index (χ2v) is 8.99. The minimum atomic E-state index is -0.393. The van der Waals surface area contributed by atoms with Crippen molar-refractivity contribution < 1.29 is 14.3 Å². The van der Waals surface area contributed by atoms with Gasteiger partial charge in [-0.2, -0.15) is 0 Å². The summed E-state index contributed by atoms with van der Waals surface area (Å²) in [4.78, 5) is 27.2. The molecule has 2 heterocycles. The highest BCUT2D eigenvalue weighted by molar-refractivity contribution is 7.18. The Morgan fingerprint density at radius 3 is 2.52 bits per heavy atom. The molecule has 3 aromatic rings. The number of hydrogen-bond acceptors (Lipinski definition) is 5. The summed E-state index contributed by atoms with van der Waals surface area (Å²) >= 11 is 3.00. The molecule has 0 saturated carbocycles. The Bertz CT molecular complexity index is 972. The van der Waals surface area contributed by atoms with Gasteiger partial charge in [0.15, 0.2) is 0 Å². The monoisotopic (exact) mass is 427 g/mol. The Kier molecular flexibility index (Phi) is 7.23. The number of nitrogens with one attached hydrogen (secondary N) is 1. The van der Waals surface area contributed by atoms with E-state index >= 15 is 0 Å². The molecular formula is C23H25NO3S2. The summed E-state index contributed by atoms with van der Waals surface area (Å²) in [5.41, 5.74) is 3.78. The standard InChI is InChI=1S/C23H25NO3S2/c1-4-27-23(26)21-20(18-8-6-14-28-18)16(3)29-22(21)24-19(25)9-5-7-17-12-10-15(2)11-13-17/h6,8,10-14H,4-5,7,9H2,1-3H3,(H,24,25). The summed E-state index contributed by atoms with van der Waals surface area (Å²) in [7, 11) is 0. The van der Waals surface area contributed by atoms with Crippen LogP contribution >= 0.6 is 22.7 Å². The number of benzene rings is 1. The van der Waals surface area contributed by atoms with Crippen LogP contribution in [0.2, 0.25) is 0 Å². The minimum Gasteiger partial charge on any atom is -0.462 e. The van der Waals surface area contributed by atoms with Crippen LogP contribution in [0.5, 0.6) is 0 Å². The Morgan fingerprint density at radius 2 is 1.86 bits per heavy atom. The van der Waals surface area contributed by atoms with Gasteiger partial charge in [0.2, 0.25) is 5.91 Å². The summed E-state index contributed by atoms with van der Waals surface area (Å²) < 4.78 is 5.27. The molecule has 4 nitrogen and oxygen atoms in total. The number of hydrogen-bond donors (Lipinski definition) is 1. The fraction of sp³-hybridized carbons (Fsp3) is 0.304. The van der Waals surface area contributed by atoms with Crippen LogP contribution in [0, 0.1) is 13.8 Å². The van der Waals surface area contributed by atoms with Crippen LogP contribution in [-0.2, 0) is 16.0 Å². The number of esters is 1. The molecule has 3 rings (SSSR count). The molecule has 1 amide bonds. The SMILES string of the molecule is CCOC(=O)c1c(NC(=O)CCCc2ccc(C)cc2)sc(C)c1-c1cccs1. The maximum atomic E-state index is 12.6. The first-order valence-corrected chi connectivity index (χ1v) is 11.4. The first kappa shape index (κ1) is 21.3. The number of carbonyl (C=O) groups excluding carboxylic acids is 2. The normalized spacial score (nSPS) is 10.7. The average Bonchev–Trinajstić information content (AvgIpc) is 3.31. The average molecular weight is 428 g/mol. The largest absolute Gasteiger partial charge is 0.462 e. The summed E-state index contributed by atoms with van der Waals surface area (Å²) in [6.07, 6.45) is 2.01. The Labute approximate surface area is 179 Å². The van der Waals surface area contributed by atoms with Crippen LogP contribution < -0.4 is 5.32 Å². The highest BCUT2D eigenvalue weighted by atomic mass is 32.1. The van der Waals surface area contributed by atoms with Gasteiger partial charge in [-0.05, 0) is 50.6 Å². The lowest BCUT2D eigenvalue weighted by Gasteiger charge is -2.08. The van der Waals surface area contributed by atoms with Crippen molar-refractivity contribution in [1.82, 2.24) is 0 Å². The van der Waals surface area contributed by atoms with Crippen molar-refractivity contribution in [3.8, 4) is 10.4 Å². The van der Waals surface area contributed by atoms with Crippen molar-refractivity contribution in [2.45, 2.75) is 40.0 Å². The molecule has 2 aromatic heterocycles. The number of aryl methyl sites for hydroxylation is 3. The van der Waals surface area contributed by atoms with Gasteiger partial charge in [-0.25, -0.2) is 4.79 Å². The lowest BCUT2D eigenvalue weighted by atomic mass is 10.1. The van der Waals surface area contributed by atoms with E-state index in [0.717, 1.165) is 28.2 Å². The zero-order chi connectivity index (χ0) is 20.8. The van der Waals surface area contributed by atoms with E-state index in [1.54, 1.807) is 18.3 Å². The van der Waals surface area contributed by atoms with Crippen molar-refractivity contribution in [3.05, 3.63) is 63.3 Å². The summed E-state index contributed by atoms with van der Waals surface area (Å²) in [6.45, 7) is 6.11.